The van der Waals surface area contributed by atoms with E-state index >= 15 is 0 Å². The maximum atomic E-state index is 11.6. The van der Waals surface area contributed by atoms with Crippen LogP contribution in [0.2, 0.25) is 0 Å². The summed E-state index contributed by atoms with van der Waals surface area (Å²) in [7, 11) is 1.59. The van der Waals surface area contributed by atoms with Gasteiger partial charge in [-0.2, -0.15) is 0 Å². The molecule has 1 aromatic rings. The zero-order chi connectivity index (χ0) is 12.7. The summed E-state index contributed by atoms with van der Waals surface area (Å²) in [6, 6.07) is 7.04. The number of amides is 1. The minimum Gasteiger partial charge on any atom is -0.495 e. The first-order chi connectivity index (χ1) is 8.19. The molecule has 0 radical (unpaired) electrons. The van der Waals surface area contributed by atoms with Gasteiger partial charge in [-0.1, -0.05) is 18.1 Å². The van der Waals surface area contributed by atoms with Gasteiger partial charge in [-0.15, -0.1) is 6.42 Å². The molecule has 0 saturated heterocycles. The Morgan fingerprint density at radius 1 is 1.53 bits per heavy atom. The molecule has 1 atom stereocenters. The molecule has 2 N–H and O–H groups in total. The fraction of sp³-hybridized carbons (Fsp3) is 0.308. The minimum absolute atomic E-state index is 0.145. The van der Waals surface area contributed by atoms with E-state index < -0.39 is 0 Å². The number of para-hydroxylation sites is 2. The molecule has 0 spiro atoms. The van der Waals surface area contributed by atoms with E-state index in [1.807, 2.05) is 24.3 Å². The highest BCUT2D eigenvalue weighted by Gasteiger charge is 2.13. The van der Waals surface area contributed by atoms with Crippen LogP contribution in [0.4, 0.5) is 5.69 Å². The van der Waals surface area contributed by atoms with Crippen LogP contribution in [0.3, 0.4) is 0 Å². The zero-order valence-corrected chi connectivity index (χ0v) is 9.99. The van der Waals surface area contributed by atoms with E-state index in [2.05, 4.69) is 16.6 Å². The number of methoxy groups -OCH3 is 1. The predicted molar refractivity (Wildman–Crippen MR) is 67.9 cm³/mol. The molecule has 1 amide bonds. The quantitative estimate of drug-likeness (QED) is 0.751. The van der Waals surface area contributed by atoms with Gasteiger partial charge < -0.3 is 15.4 Å². The fourth-order valence-electron chi connectivity index (χ4n) is 1.35. The van der Waals surface area contributed by atoms with Gasteiger partial charge >= 0.3 is 0 Å². The first-order valence-corrected chi connectivity index (χ1v) is 5.29. The van der Waals surface area contributed by atoms with Crippen LogP contribution in [0.25, 0.3) is 0 Å². The number of anilines is 1. The molecule has 1 rings (SSSR count). The Labute approximate surface area is 101 Å². The lowest BCUT2D eigenvalue weighted by Gasteiger charge is -2.16. The third-order valence-corrected chi connectivity index (χ3v) is 2.24. The standard InChI is InChI=1S/C13H16N2O2/c1-4-9-14-13(16)10(2)15-11-7-5-6-8-12(11)17-3/h1,5-8,10,15H,9H2,2-3H3,(H,14,16). The number of carbonyl (C=O) groups excluding carboxylic acids is 1. The minimum atomic E-state index is -0.375. The average Bonchev–Trinajstić information content (AvgIpc) is 2.36. The molecule has 0 bridgehead atoms. The highest BCUT2D eigenvalue weighted by atomic mass is 16.5. The number of rotatable bonds is 5. The van der Waals surface area contributed by atoms with Crippen molar-refractivity contribution in [3.63, 3.8) is 0 Å². The van der Waals surface area contributed by atoms with E-state index in [0.29, 0.717) is 5.75 Å². The molecule has 0 aliphatic heterocycles. The third kappa shape index (κ3) is 3.72. The number of terminal acetylenes is 1. The molecule has 0 aromatic heterocycles. The lowest BCUT2D eigenvalue weighted by Crippen LogP contribution is -2.37. The summed E-state index contributed by atoms with van der Waals surface area (Å²) in [6.07, 6.45) is 5.07. The summed E-state index contributed by atoms with van der Waals surface area (Å²) in [5.41, 5.74) is 0.776. The van der Waals surface area contributed by atoms with Crippen LogP contribution in [-0.4, -0.2) is 25.6 Å². The Morgan fingerprint density at radius 2 is 2.24 bits per heavy atom. The van der Waals surface area contributed by atoms with Gasteiger partial charge in [0.1, 0.15) is 11.8 Å². The Hall–Kier alpha value is -2.15. The van der Waals surface area contributed by atoms with E-state index in [1.165, 1.54) is 0 Å². The van der Waals surface area contributed by atoms with Crippen LogP contribution < -0.4 is 15.4 Å². The van der Waals surface area contributed by atoms with Crippen LogP contribution in [0.1, 0.15) is 6.92 Å². The van der Waals surface area contributed by atoms with Crippen LogP contribution in [0, 0.1) is 12.3 Å². The van der Waals surface area contributed by atoms with Crippen molar-refractivity contribution in [2.45, 2.75) is 13.0 Å². The van der Waals surface area contributed by atoms with E-state index in [0.717, 1.165) is 5.69 Å². The highest BCUT2D eigenvalue weighted by molar-refractivity contribution is 5.84. The van der Waals surface area contributed by atoms with Crippen LogP contribution in [0.5, 0.6) is 5.75 Å². The lowest BCUT2D eigenvalue weighted by molar-refractivity contribution is -0.121. The summed E-state index contributed by atoms with van der Waals surface area (Å²) < 4.78 is 5.18. The average molecular weight is 232 g/mol. The van der Waals surface area contributed by atoms with E-state index in [4.69, 9.17) is 11.2 Å². The first-order valence-electron chi connectivity index (χ1n) is 5.29. The van der Waals surface area contributed by atoms with Gasteiger partial charge in [0.25, 0.3) is 0 Å². The molecule has 4 nitrogen and oxygen atoms in total. The molecule has 17 heavy (non-hydrogen) atoms. The lowest BCUT2D eigenvalue weighted by atomic mass is 10.2. The summed E-state index contributed by atoms with van der Waals surface area (Å²) >= 11 is 0. The van der Waals surface area contributed by atoms with Crippen LogP contribution in [-0.2, 0) is 4.79 Å². The molecule has 0 heterocycles. The molecule has 0 aliphatic carbocycles. The maximum Gasteiger partial charge on any atom is 0.242 e. The molecule has 4 heteroatoms. The maximum absolute atomic E-state index is 11.6. The molecule has 0 fully saturated rings. The number of nitrogens with one attached hydrogen (secondary N) is 2. The normalized spacial score (nSPS) is 11.1. The van der Waals surface area contributed by atoms with Crippen molar-refractivity contribution in [1.82, 2.24) is 5.32 Å². The van der Waals surface area contributed by atoms with Crippen molar-refractivity contribution in [2.75, 3.05) is 19.0 Å². The predicted octanol–water partition coefficient (Wildman–Crippen LogP) is 1.24. The SMILES string of the molecule is C#CCNC(=O)C(C)Nc1ccccc1OC. The van der Waals surface area contributed by atoms with Gasteiger partial charge in [0.2, 0.25) is 5.91 Å². The summed E-state index contributed by atoms with van der Waals surface area (Å²) in [4.78, 5) is 11.6. The van der Waals surface area contributed by atoms with Gasteiger partial charge in [-0.25, -0.2) is 0 Å². The van der Waals surface area contributed by atoms with Crippen molar-refractivity contribution in [2.24, 2.45) is 0 Å². The smallest absolute Gasteiger partial charge is 0.242 e. The molecule has 1 aromatic carbocycles. The second-order valence-corrected chi connectivity index (χ2v) is 3.49. The van der Waals surface area contributed by atoms with Crippen molar-refractivity contribution in [3.8, 4) is 18.1 Å². The van der Waals surface area contributed by atoms with E-state index in [1.54, 1.807) is 14.0 Å². The Kier molecular flexibility index (Phi) is 4.89. The third-order valence-electron chi connectivity index (χ3n) is 2.24. The van der Waals surface area contributed by atoms with Gasteiger partial charge in [0.15, 0.2) is 0 Å². The molecular formula is C13H16N2O2. The van der Waals surface area contributed by atoms with Gasteiger partial charge in [-0.05, 0) is 19.1 Å². The van der Waals surface area contributed by atoms with E-state index in [9.17, 15) is 4.79 Å². The summed E-state index contributed by atoms with van der Waals surface area (Å²) in [6.45, 7) is 2.00. The molecule has 0 aliphatic rings. The molecular weight excluding hydrogens is 216 g/mol. The summed E-state index contributed by atoms with van der Waals surface area (Å²) in [5.74, 6) is 2.91. The molecule has 0 saturated carbocycles. The van der Waals surface area contributed by atoms with Gasteiger partial charge in [-0.3, -0.25) is 4.79 Å². The Bertz CT molecular complexity index is 424. The molecule has 1 unspecified atom stereocenters. The van der Waals surface area contributed by atoms with Gasteiger partial charge in [0.05, 0.1) is 19.3 Å². The monoisotopic (exact) mass is 232 g/mol. The summed E-state index contributed by atoms with van der Waals surface area (Å²) in [5, 5.41) is 5.68. The highest BCUT2D eigenvalue weighted by Crippen LogP contribution is 2.23. The second-order valence-electron chi connectivity index (χ2n) is 3.49. The largest absolute Gasteiger partial charge is 0.495 e. The Morgan fingerprint density at radius 3 is 2.88 bits per heavy atom. The van der Waals surface area contributed by atoms with Gasteiger partial charge in [0, 0.05) is 0 Å². The number of carbonyl (C=O) groups is 1. The molecule has 90 valence electrons. The second kappa shape index (κ2) is 6.44. The number of hydrogen-bond acceptors (Lipinski definition) is 3. The van der Waals surface area contributed by atoms with Crippen molar-refractivity contribution in [3.05, 3.63) is 24.3 Å². The van der Waals surface area contributed by atoms with Crippen molar-refractivity contribution in [1.29, 1.82) is 0 Å². The first kappa shape index (κ1) is 12.9. The van der Waals surface area contributed by atoms with Crippen LogP contribution >= 0.6 is 0 Å². The zero-order valence-electron chi connectivity index (χ0n) is 9.99. The fourth-order valence-corrected chi connectivity index (χ4v) is 1.35. The number of hydrogen-bond donors (Lipinski definition) is 2. The Balaban J connectivity index is 2.64. The number of ether oxygens (including phenoxy) is 1. The van der Waals surface area contributed by atoms with Crippen molar-refractivity contribution >= 4 is 11.6 Å². The van der Waals surface area contributed by atoms with Crippen molar-refractivity contribution < 1.29 is 9.53 Å². The van der Waals surface area contributed by atoms with E-state index in [-0.39, 0.29) is 18.5 Å². The van der Waals surface area contributed by atoms with Crippen LogP contribution in [0.15, 0.2) is 24.3 Å². The topological polar surface area (TPSA) is 50.4 Å². The number of benzene rings is 1.